The smallest absolute Gasteiger partial charge is 0.341 e. The Labute approximate surface area is 213 Å². The van der Waals surface area contributed by atoms with Gasteiger partial charge in [0, 0.05) is 11.8 Å². The van der Waals surface area contributed by atoms with Crippen LogP contribution in [0.25, 0.3) is 0 Å². The van der Waals surface area contributed by atoms with Crippen LogP contribution >= 0.6 is 0 Å². The summed E-state index contributed by atoms with van der Waals surface area (Å²) >= 11 is 0. The molecule has 37 heavy (non-hydrogen) atoms. The molecule has 4 rings (SSSR count). The van der Waals surface area contributed by atoms with E-state index in [0.717, 1.165) is 23.8 Å². The molecule has 0 saturated carbocycles. The molecule has 1 aliphatic rings. The summed E-state index contributed by atoms with van der Waals surface area (Å²) in [6.07, 6.45) is 0.805. The molecular formula is C28H26F2N2O5. The number of rotatable bonds is 9. The number of urea groups is 1. The van der Waals surface area contributed by atoms with Crippen LogP contribution < -0.4 is 14.8 Å². The summed E-state index contributed by atoms with van der Waals surface area (Å²) in [6.45, 7) is -0.337. The number of methoxy groups -OCH3 is 2. The molecule has 0 spiro atoms. The van der Waals surface area contributed by atoms with Crippen LogP contribution in [0.2, 0.25) is 0 Å². The van der Waals surface area contributed by atoms with E-state index in [1.54, 1.807) is 31.4 Å². The predicted molar refractivity (Wildman–Crippen MR) is 133 cm³/mol. The lowest BCUT2D eigenvalue weighted by molar-refractivity contribution is -0.148. The minimum Gasteiger partial charge on any atom is -0.497 e. The van der Waals surface area contributed by atoms with Gasteiger partial charge in [-0.2, -0.15) is 0 Å². The highest BCUT2D eigenvalue weighted by atomic mass is 19.1. The maximum Gasteiger partial charge on any atom is 0.341 e. The molecule has 192 valence electrons. The number of aliphatic imine (C=N–C) groups is 1. The third-order valence-corrected chi connectivity index (χ3v) is 6.05. The number of carbonyl (C=O) groups is 2. The Balaban J connectivity index is 1.61. The first-order valence-electron chi connectivity index (χ1n) is 11.6. The molecule has 1 aliphatic heterocycles. The molecule has 0 fully saturated rings. The van der Waals surface area contributed by atoms with Crippen molar-refractivity contribution < 1.29 is 32.6 Å². The van der Waals surface area contributed by atoms with Crippen molar-refractivity contribution >= 4 is 17.7 Å². The number of aryl methyl sites for hydroxylation is 1. The molecule has 0 aliphatic carbocycles. The summed E-state index contributed by atoms with van der Waals surface area (Å²) in [4.78, 5) is 30.1. The van der Waals surface area contributed by atoms with Gasteiger partial charge in [-0.3, -0.25) is 4.79 Å². The number of amides is 2. The van der Waals surface area contributed by atoms with E-state index in [2.05, 4.69) is 10.3 Å². The fraction of sp³-hybridized carbons (Fsp3) is 0.250. The molecule has 0 saturated heterocycles. The first-order valence-corrected chi connectivity index (χ1v) is 11.6. The van der Waals surface area contributed by atoms with Crippen LogP contribution in [0.15, 0.2) is 71.7 Å². The molecule has 3 aromatic carbocycles. The number of ether oxygens (including phenoxy) is 3. The molecule has 1 N–H and O–H groups in total. The number of hydrogen-bond donors (Lipinski definition) is 1. The molecule has 7 nitrogen and oxygen atoms in total. The van der Waals surface area contributed by atoms with Gasteiger partial charge >= 0.3 is 12.0 Å². The lowest BCUT2D eigenvalue weighted by Gasteiger charge is -2.31. The first-order chi connectivity index (χ1) is 17.9. The van der Waals surface area contributed by atoms with Gasteiger partial charge in [0.1, 0.15) is 35.7 Å². The third kappa shape index (κ3) is 6.49. The number of benzene rings is 3. The van der Waals surface area contributed by atoms with Crippen molar-refractivity contribution in [3.8, 4) is 11.5 Å². The average Bonchev–Trinajstić information content (AvgIpc) is 2.90. The lowest BCUT2D eigenvalue weighted by Crippen LogP contribution is -2.45. The van der Waals surface area contributed by atoms with Crippen LogP contribution in [0.1, 0.15) is 29.2 Å². The quantitative estimate of drug-likeness (QED) is 0.403. The SMILES string of the molecule is COc1ccc(C2NC(=O)N=C(CCc3cccc(OC)c3)C2C(=O)OCc2cc(F)cc(F)c2)cc1. The standard InChI is InChI=1S/C28H26F2N2O5/c1-35-22-9-7-19(8-10-22)26-25(27(33)37-16-18-12-20(29)15-21(30)13-18)24(31-28(34)32-26)11-6-17-4-3-5-23(14-17)36-2/h3-5,7-10,12-15,25-26H,6,11,16H2,1-2H3,(H,32,34). The van der Waals surface area contributed by atoms with Crippen LogP contribution in [0, 0.1) is 17.6 Å². The van der Waals surface area contributed by atoms with Crippen molar-refractivity contribution in [3.63, 3.8) is 0 Å². The summed E-state index contributed by atoms with van der Waals surface area (Å²) in [5.74, 6) is -1.86. The van der Waals surface area contributed by atoms with E-state index in [9.17, 15) is 18.4 Å². The van der Waals surface area contributed by atoms with E-state index in [-0.39, 0.29) is 12.2 Å². The molecular weight excluding hydrogens is 482 g/mol. The number of halogens is 2. The summed E-state index contributed by atoms with van der Waals surface area (Å²) in [5, 5.41) is 2.76. The Hall–Kier alpha value is -4.27. The van der Waals surface area contributed by atoms with E-state index in [0.29, 0.717) is 35.6 Å². The Bertz CT molecular complexity index is 1290. The number of carbonyl (C=O) groups excluding carboxylic acids is 2. The fourth-order valence-corrected chi connectivity index (χ4v) is 4.25. The number of esters is 1. The zero-order chi connectivity index (χ0) is 26.4. The summed E-state index contributed by atoms with van der Waals surface area (Å²) in [6, 6.07) is 16.0. The number of nitrogens with one attached hydrogen (secondary N) is 1. The molecule has 2 amide bonds. The van der Waals surface area contributed by atoms with Crippen molar-refractivity contribution in [2.45, 2.75) is 25.5 Å². The molecule has 1 heterocycles. The normalized spacial score (nSPS) is 17.0. The molecule has 0 aromatic heterocycles. The molecule has 2 atom stereocenters. The second-order valence-electron chi connectivity index (χ2n) is 8.52. The van der Waals surface area contributed by atoms with Crippen LogP contribution in [-0.2, 0) is 22.6 Å². The Morgan fingerprint density at radius 2 is 1.59 bits per heavy atom. The van der Waals surface area contributed by atoms with Crippen LogP contribution in [0.5, 0.6) is 11.5 Å². The largest absolute Gasteiger partial charge is 0.497 e. The highest BCUT2D eigenvalue weighted by Crippen LogP contribution is 2.31. The van der Waals surface area contributed by atoms with E-state index in [1.807, 2.05) is 24.3 Å². The zero-order valence-corrected chi connectivity index (χ0v) is 20.4. The van der Waals surface area contributed by atoms with Crippen molar-refractivity contribution in [1.29, 1.82) is 0 Å². The van der Waals surface area contributed by atoms with Crippen molar-refractivity contribution in [2.75, 3.05) is 14.2 Å². The first kappa shape index (κ1) is 25.8. The number of nitrogens with zero attached hydrogens (tertiary/aromatic N) is 1. The second kappa shape index (κ2) is 11.6. The third-order valence-electron chi connectivity index (χ3n) is 6.05. The topological polar surface area (TPSA) is 86.2 Å². The van der Waals surface area contributed by atoms with Crippen molar-refractivity contribution in [3.05, 3.63) is 95.1 Å². The van der Waals surface area contributed by atoms with Gasteiger partial charge in [0.15, 0.2) is 0 Å². The average molecular weight is 509 g/mol. The predicted octanol–water partition coefficient (Wildman–Crippen LogP) is 5.18. The molecule has 2 unspecified atom stereocenters. The van der Waals surface area contributed by atoms with Gasteiger partial charge in [-0.05, 0) is 65.9 Å². The van der Waals surface area contributed by atoms with Gasteiger partial charge in [0.05, 0.1) is 20.3 Å². The van der Waals surface area contributed by atoms with Crippen LogP contribution in [0.4, 0.5) is 13.6 Å². The van der Waals surface area contributed by atoms with Gasteiger partial charge in [0.25, 0.3) is 0 Å². The van der Waals surface area contributed by atoms with E-state index in [1.165, 1.54) is 7.11 Å². The molecule has 3 aromatic rings. The van der Waals surface area contributed by atoms with Gasteiger partial charge < -0.3 is 19.5 Å². The van der Waals surface area contributed by atoms with Crippen molar-refractivity contribution in [2.24, 2.45) is 10.9 Å². The second-order valence-corrected chi connectivity index (χ2v) is 8.52. The van der Waals surface area contributed by atoms with Crippen molar-refractivity contribution in [1.82, 2.24) is 5.32 Å². The highest BCUT2D eigenvalue weighted by Gasteiger charge is 2.39. The Kier molecular flexibility index (Phi) is 8.12. The lowest BCUT2D eigenvalue weighted by atomic mass is 9.85. The van der Waals surface area contributed by atoms with Gasteiger partial charge in [-0.15, -0.1) is 0 Å². The summed E-state index contributed by atoms with van der Waals surface area (Å²) in [5.41, 5.74) is 2.11. The minimum atomic E-state index is -0.949. The monoisotopic (exact) mass is 508 g/mol. The molecule has 0 radical (unpaired) electrons. The van der Waals surface area contributed by atoms with E-state index < -0.39 is 35.6 Å². The van der Waals surface area contributed by atoms with E-state index >= 15 is 0 Å². The maximum atomic E-state index is 13.6. The zero-order valence-electron chi connectivity index (χ0n) is 20.4. The van der Waals surface area contributed by atoms with Crippen LogP contribution in [-0.4, -0.2) is 31.9 Å². The number of hydrogen-bond acceptors (Lipinski definition) is 5. The molecule has 9 heteroatoms. The Morgan fingerprint density at radius 3 is 2.27 bits per heavy atom. The minimum absolute atomic E-state index is 0.168. The van der Waals surface area contributed by atoms with Gasteiger partial charge in [-0.25, -0.2) is 18.6 Å². The Morgan fingerprint density at radius 1 is 0.892 bits per heavy atom. The fourth-order valence-electron chi connectivity index (χ4n) is 4.25. The van der Waals surface area contributed by atoms with E-state index in [4.69, 9.17) is 14.2 Å². The van der Waals surface area contributed by atoms with Gasteiger partial charge in [0.2, 0.25) is 0 Å². The molecule has 0 bridgehead atoms. The van der Waals surface area contributed by atoms with Gasteiger partial charge in [-0.1, -0.05) is 24.3 Å². The summed E-state index contributed by atoms with van der Waals surface area (Å²) in [7, 11) is 3.11. The summed E-state index contributed by atoms with van der Waals surface area (Å²) < 4.78 is 43.2. The van der Waals surface area contributed by atoms with Crippen LogP contribution in [0.3, 0.4) is 0 Å². The maximum absolute atomic E-state index is 13.6. The highest BCUT2D eigenvalue weighted by molar-refractivity contribution is 6.09.